The number of aromatic nitrogens is 1. The first-order valence-corrected chi connectivity index (χ1v) is 16.4. The molecule has 1 saturated heterocycles. The molecule has 0 aliphatic carbocycles. The number of carbonyl (C=O) groups is 1. The highest BCUT2D eigenvalue weighted by Gasteiger charge is 2.49. The molecular formula is C34H41N7O4S. The van der Waals surface area contributed by atoms with E-state index in [1.165, 1.54) is 4.57 Å². The van der Waals surface area contributed by atoms with Gasteiger partial charge in [-0.05, 0) is 48.1 Å². The summed E-state index contributed by atoms with van der Waals surface area (Å²) in [5, 5.41) is 4.37. The Balaban J connectivity index is 1.40. The average molecular weight is 644 g/mol. The van der Waals surface area contributed by atoms with E-state index in [0.717, 1.165) is 51.6 Å². The van der Waals surface area contributed by atoms with E-state index in [0.29, 0.717) is 18.7 Å². The predicted molar refractivity (Wildman–Crippen MR) is 179 cm³/mol. The Kier molecular flexibility index (Phi) is 9.01. The molecular weight excluding hydrogens is 602 g/mol. The molecule has 2 aliphatic heterocycles. The summed E-state index contributed by atoms with van der Waals surface area (Å²) >= 11 is 0.839. The zero-order chi connectivity index (χ0) is 32.5. The Morgan fingerprint density at radius 3 is 2.17 bits per heavy atom. The number of amides is 1. The second-order valence-electron chi connectivity index (χ2n) is 11.8. The minimum absolute atomic E-state index is 0.0786. The van der Waals surface area contributed by atoms with E-state index < -0.39 is 29.5 Å². The molecule has 7 N–H and O–H groups in total. The molecule has 2 unspecified atom stereocenters. The van der Waals surface area contributed by atoms with Crippen molar-refractivity contribution in [1.29, 1.82) is 0 Å². The largest absolute Gasteiger partial charge is 0.497 e. The highest BCUT2D eigenvalue weighted by Crippen LogP contribution is 2.43. The van der Waals surface area contributed by atoms with E-state index in [-0.39, 0.29) is 15.9 Å². The van der Waals surface area contributed by atoms with Crippen molar-refractivity contribution in [1.82, 2.24) is 20.4 Å². The zero-order valence-corrected chi connectivity index (χ0v) is 27.1. The third-order valence-corrected chi connectivity index (χ3v) is 10.0. The van der Waals surface area contributed by atoms with Crippen LogP contribution < -0.4 is 37.4 Å². The maximum Gasteiger partial charge on any atom is 0.311 e. The normalized spacial score (nSPS) is 22.8. The molecule has 0 bridgehead atoms. The van der Waals surface area contributed by atoms with E-state index in [9.17, 15) is 9.59 Å². The molecule has 1 amide bonds. The fourth-order valence-corrected chi connectivity index (χ4v) is 7.45. The van der Waals surface area contributed by atoms with Crippen molar-refractivity contribution in [2.45, 2.75) is 69.2 Å². The lowest BCUT2D eigenvalue weighted by Crippen LogP contribution is -2.66. The first-order chi connectivity index (χ1) is 22.3. The summed E-state index contributed by atoms with van der Waals surface area (Å²) < 4.78 is 13.4. The number of thiazole rings is 1. The van der Waals surface area contributed by atoms with E-state index in [1.54, 1.807) is 7.11 Å². The van der Waals surface area contributed by atoms with Gasteiger partial charge in [-0.25, -0.2) is 21.7 Å². The number of methoxy groups -OCH3 is 1. The number of fused-ring (bicyclic) bond motifs is 1. The molecule has 46 heavy (non-hydrogen) atoms. The number of benzene rings is 3. The number of nitrogens with one attached hydrogen (secondary N) is 3. The summed E-state index contributed by atoms with van der Waals surface area (Å²) in [5.74, 6) is 6.98. The van der Waals surface area contributed by atoms with Gasteiger partial charge in [0.1, 0.15) is 22.0 Å². The minimum atomic E-state index is -0.952. The van der Waals surface area contributed by atoms with Crippen LogP contribution in [0, 0.1) is 0 Å². The second kappa shape index (κ2) is 13.0. The maximum absolute atomic E-state index is 13.7. The van der Waals surface area contributed by atoms with Crippen LogP contribution in [0.15, 0.2) is 89.7 Å². The average Bonchev–Trinajstić information content (AvgIpc) is 3.59. The van der Waals surface area contributed by atoms with Crippen LogP contribution >= 0.6 is 11.3 Å². The molecule has 4 atom stereocenters. The van der Waals surface area contributed by atoms with Crippen LogP contribution in [-0.4, -0.2) is 40.5 Å². The molecule has 1 aromatic heterocycles. The Labute approximate surface area is 272 Å². The molecule has 0 radical (unpaired) electrons. The van der Waals surface area contributed by atoms with Crippen molar-refractivity contribution in [3.8, 4) is 5.75 Å². The van der Waals surface area contributed by atoms with Crippen LogP contribution in [0.25, 0.3) is 0 Å². The molecule has 1 fully saturated rings. The fourth-order valence-electron chi connectivity index (χ4n) is 6.55. The molecule has 6 rings (SSSR count). The molecule has 3 heterocycles. The van der Waals surface area contributed by atoms with Crippen molar-refractivity contribution in [3.05, 3.63) is 116 Å². The van der Waals surface area contributed by atoms with Gasteiger partial charge in [-0.2, -0.15) is 0 Å². The first-order valence-electron chi connectivity index (χ1n) is 15.6. The van der Waals surface area contributed by atoms with Crippen LogP contribution in [0.3, 0.4) is 0 Å². The number of rotatable bonds is 11. The van der Waals surface area contributed by atoms with Crippen molar-refractivity contribution >= 4 is 23.1 Å². The van der Waals surface area contributed by atoms with E-state index in [4.69, 9.17) is 21.1 Å². The third-order valence-electron chi connectivity index (χ3n) is 9.08. The molecule has 2 aliphatic rings. The minimum Gasteiger partial charge on any atom is -0.497 e. The van der Waals surface area contributed by atoms with Gasteiger partial charge in [0.25, 0.3) is 5.91 Å². The lowest BCUT2D eigenvalue weighted by Gasteiger charge is -2.41. The van der Waals surface area contributed by atoms with Gasteiger partial charge in [0.05, 0.1) is 18.8 Å². The van der Waals surface area contributed by atoms with Crippen LogP contribution in [0.1, 0.15) is 72.1 Å². The number of hydrazine groups is 2. The quantitative estimate of drug-likeness (QED) is 0.0701. The van der Waals surface area contributed by atoms with Gasteiger partial charge >= 0.3 is 4.87 Å². The molecule has 242 valence electrons. The van der Waals surface area contributed by atoms with Gasteiger partial charge in [0.2, 0.25) is 0 Å². The highest BCUT2D eigenvalue weighted by molar-refractivity contribution is 7.12. The summed E-state index contributed by atoms with van der Waals surface area (Å²) in [7, 11) is 1.63. The standard InChI is InChI=1S/C34H41N7O4S/c1-4-12-26-21-33(35,5-2)30(45-26)40-28-27(46-32(40)43)29(42)41(36)31(37-28)38-39-34(22-13-8-6-9-14-22,23-15-10-7-11-16-23)24-17-19-25(44-3)20-18-24/h6-11,13-20,26,30-31,37-39H,4-5,12,21,35-36H2,1-3H3/t26?,30-,31?,33+/m1/s1. The Morgan fingerprint density at radius 1 is 1.00 bits per heavy atom. The maximum atomic E-state index is 13.7. The summed E-state index contributed by atoms with van der Waals surface area (Å²) in [6, 6.07) is 27.8. The molecule has 0 spiro atoms. The van der Waals surface area contributed by atoms with Gasteiger partial charge < -0.3 is 20.5 Å². The number of ether oxygens (including phenoxy) is 2. The summed E-state index contributed by atoms with van der Waals surface area (Å²) in [6.07, 6.45) is 1.23. The molecule has 11 nitrogen and oxygen atoms in total. The zero-order valence-electron chi connectivity index (χ0n) is 26.2. The lowest BCUT2D eigenvalue weighted by atomic mass is 9.77. The number of carbonyl (C=O) groups excluding carboxylic acids is 1. The van der Waals surface area contributed by atoms with E-state index in [2.05, 4.69) is 23.1 Å². The number of anilines is 1. The third kappa shape index (κ3) is 5.51. The first kappa shape index (κ1) is 31.9. The van der Waals surface area contributed by atoms with E-state index >= 15 is 0 Å². The van der Waals surface area contributed by atoms with Gasteiger partial charge in [-0.3, -0.25) is 14.2 Å². The summed E-state index contributed by atoms with van der Waals surface area (Å²) in [4.78, 5) is 27.0. The number of nitrogens with zero attached hydrogens (tertiary/aromatic N) is 2. The van der Waals surface area contributed by atoms with Crippen LogP contribution in [0.2, 0.25) is 0 Å². The Morgan fingerprint density at radius 2 is 1.61 bits per heavy atom. The van der Waals surface area contributed by atoms with Gasteiger partial charge in [0.15, 0.2) is 12.5 Å². The molecule has 4 aromatic rings. The molecule has 0 saturated carbocycles. The number of hydrogen-bond acceptors (Lipinski definition) is 10. The van der Waals surface area contributed by atoms with Crippen LogP contribution in [0.4, 0.5) is 5.82 Å². The molecule has 12 heteroatoms. The SMILES string of the molecule is CCCC1C[C@@](N)(CC)[C@H](n2c3c(sc2=O)C(=O)N(N)C(NNC(c2ccccc2)(c2ccccc2)c2ccc(OC)cc2)N3)O1. The monoisotopic (exact) mass is 643 g/mol. The van der Waals surface area contributed by atoms with E-state index in [1.807, 2.05) is 91.9 Å². The number of nitrogens with two attached hydrogens (primary N) is 2. The van der Waals surface area contributed by atoms with Crippen molar-refractivity contribution in [2.24, 2.45) is 11.6 Å². The highest BCUT2D eigenvalue weighted by atomic mass is 32.1. The van der Waals surface area contributed by atoms with Crippen molar-refractivity contribution in [3.63, 3.8) is 0 Å². The summed E-state index contributed by atoms with van der Waals surface area (Å²) in [5.41, 5.74) is 14.8. The van der Waals surface area contributed by atoms with Gasteiger partial charge in [0, 0.05) is 0 Å². The van der Waals surface area contributed by atoms with Crippen molar-refractivity contribution < 1.29 is 14.3 Å². The lowest BCUT2D eigenvalue weighted by molar-refractivity contribution is -0.0226. The number of hydrogen-bond donors (Lipinski definition) is 5. The fraction of sp³-hybridized carbons (Fsp3) is 0.353. The Bertz CT molecular complexity index is 1670. The van der Waals surface area contributed by atoms with Crippen LogP contribution in [0.5, 0.6) is 5.75 Å². The van der Waals surface area contributed by atoms with Crippen LogP contribution in [-0.2, 0) is 10.3 Å². The topological polar surface area (TPSA) is 149 Å². The summed E-state index contributed by atoms with van der Waals surface area (Å²) in [6.45, 7) is 4.09. The van der Waals surface area contributed by atoms with Gasteiger partial charge in [-0.15, -0.1) is 0 Å². The van der Waals surface area contributed by atoms with Gasteiger partial charge in [-0.1, -0.05) is 104 Å². The smallest absolute Gasteiger partial charge is 0.311 e. The predicted octanol–water partition coefficient (Wildman–Crippen LogP) is 4.22. The second-order valence-corrected chi connectivity index (χ2v) is 12.8. The van der Waals surface area contributed by atoms with Crippen molar-refractivity contribution in [2.75, 3.05) is 12.4 Å². The molecule has 3 aromatic carbocycles. The Hall–Kier alpha value is -4.04.